The third-order valence-electron chi connectivity index (χ3n) is 3.61. The lowest BCUT2D eigenvalue weighted by molar-refractivity contribution is 0.102. The maximum atomic E-state index is 12.5. The van der Waals surface area contributed by atoms with Crippen molar-refractivity contribution in [2.24, 2.45) is 0 Å². The fourth-order valence-electron chi connectivity index (χ4n) is 2.30. The Kier molecular flexibility index (Phi) is 4.68. The highest BCUT2D eigenvalue weighted by molar-refractivity contribution is 7.90. The largest absolute Gasteiger partial charge is 0.382 e. The lowest BCUT2D eigenvalue weighted by Gasteiger charge is -2.09. The molecule has 136 valence electrons. The van der Waals surface area contributed by atoms with Crippen molar-refractivity contribution in [3.8, 4) is 11.3 Å². The number of nitrogens with one attached hydrogen (secondary N) is 1. The van der Waals surface area contributed by atoms with Crippen LogP contribution in [-0.4, -0.2) is 30.5 Å². The van der Waals surface area contributed by atoms with E-state index in [1.807, 2.05) is 6.07 Å². The SMILES string of the molecule is CS(=O)(=O)c1cccc(-c2cnc(N)c(C(=O)Nc3ccccc3)n2)c1.[HH].[HH]. The van der Waals surface area contributed by atoms with Gasteiger partial charge in [-0.05, 0) is 24.3 Å². The minimum atomic E-state index is -3.36. The van der Waals surface area contributed by atoms with Crippen LogP contribution >= 0.6 is 0 Å². The van der Waals surface area contributed by atoms with Gasteiger partial charge in [-0.1, -0.05) is 30.3 Å². The molecule has 0 bridgehead atoms. The zero-order valence-electron chi connectivity index (χ0n) is 13.9. The number of sulfone groups is 1. The molecule has 26 heavy (non-hydrogen) atoms. The van der Waals surface area contributed by atoms with Crippen LogP contribution in [0.4, 0.5) is 11.5 Å². The van der Waals surface area contributed by atoms with E-state index >= 15 is 0 Å². The van der Waals surface area contributed by atoms with Crippen LogP contribution in [0.25, 0.3) is 11.3 Å². The standard InChI is InChI=1S/C18H16N4O3S.2H2/c1-26(24,25)14-9-5-6-12(10-14)15-11-20-17(19)16(22-15)18(23)21-13-7-3-2-4-8-13;;/h2-11H,1H3,(H2,19,20)(H,21,23);2*1H. The number of benzene rings is 2. The number of carbonyl (C=O) groups excluding carboxylic acids is 1. The van der Waals surface area contributed by atoms with Gasteiger partial charge in [0, 0.05) is 20.4 Å². The summed E-state index contributed by atoms with van der Waals surface area (Å²) in [6.45, 7) is 0. The average Bonchev–Trinajstić information content (AvgIpc) is 2.62. The molecule has 0 fully saturated rings. The number of nitrogen functional groups attached to an aromatic ring is 1. The quantitative estimate of drug-likeness (QED) is 0.727. The predicted octanol–water partition coefficient (Wildman–Crippen LogP) is 2.87. The van der Waals surface area contributed by atoms with Crippen molar-refractivity contribution in [3.05, 3.63) is 66.5 Å². The van der Waals surface area contributed by atoms with Gasteiger partial charge in [-0.15, -0.1) is 0 Å². The number of aromatic nitrogens is 2. The van der Waals surface area contributed by atoms with Crippen molar-refractivity contribution in [3.63, 3.8) is 0 Å². The molecule has 0 aliphatic rings. The number of rotatable bonds is 4. The molecule has 7 nitrogen and oxygen atoms in total. The van der Waals surface area contributed by atoms with E-state index in [0.717, 1.165) is 6.26 Å². The zero-order valence-corrected chi connectivity index (χ0v) is 14.7. The Morgan fingerprint density at radius 3 is 2.54 bits per heavy atom. The molecule has 0 spiro atoms. The molecule has 0 saturated carbocycles. The highest BCUT2D eigenvalue weighted by Crippen LogP contribution is 2.22. The Labute approximate surface area is 153 Å². The summed E-state index contributed by atoms with van der Waals surface area (Å²) in [5.41, 5.74) is 7.23. The Balaban J connectivity index is 0.00000196. The van der Waals surface area contributed by atoms with Crippen molar-refractivity contribution >= 4 is 27.2 Å². The Morgan fingerprint density at radius 1 is 1.12 bits per heavy atom. The monoisotopic (exact) mass is 372 g/mol. The van der Waals surface area contributed by atoms with E-state index in [1.54, 1.807) is 36.4 Å². The van der Waals surface area contributed by atoms with Crippen molar-refractivity contribution in [2.45, 2.75) is 4.90 Å². The molecule has 1 heterocycles. The van der Waals surface area contributed by atoms with Crippen LogP contribution in [0.1, 0.15) is 13.3 Å². The van der Waals surface area contributed by atoms with Crippen molar-refractivity contribution in [1.82, 2.24) is 9.97 Å². The second-order valence-corrected chi connectivity index (χ2v) is 7.62. The van der Waals surface area contributed by atoms with Gasteiger partial charge in [-0.25, -0.2) is 18.4 Å². The van der Waals surface area contributed by atoms with E-state index < -0.39 is 15.7 Å². The molecular weight excluding hydrogens is 352 g/mol. The normalized spacial score (nSPS) is 11.1. The van der Waals surface area contributed by atoms with E-state index in [1.165, 1.54) is 18.3 Å². The Bertz CT molecular complexity index is 1080. The minimum absolute atomic E-state index is 0. The molecule has 0 radical (unpaired) electrons. The molecule has 0 aliphatic heterocycles. The van der Waals surface area contributed by atoms with Gasteiger partial charge in [0.1, 0.15) is 0 Å². The van der Waals surface area contributed by atoms with Crippen molar-refractivity contribution in [1.29, 1.82) is 0 Å². The third kappa shape index (κ3) is 3.86. The number of carbonyl (C=O) groups is 1. The van der Waals surface area contributed by atoms with E-state index in [9.17, 15) is 13.2 Å². The number of hydrogen-bond donors (Lipinski definition) is 2. The average molecular weight is 372 g/mol. The Hall–Kier alpha value is -3.26. The van der Waals surface area contributed by atoms with Crippen molar-refractivity contribution < 1.29 is 16.1 Å². The predicted molar refractivity (Wildman–Crippen MR) is 104 cm³/mol. The molecular formula is C18H20N4O3S. The van der Waals surface area contributed by atoms with Gasteiger partial charge >= 0.3 is 0 Å². The summed E-state index contributed by atoms with van der Waals surface area (Å²) >= 11 is 0. The molecule has 0 saturated heterocycles. The molecule has 0 aliphatic carbocycles. The first kappa shape index (κ1) is 17.6. The van der Waals surface area contributed by atoms with Gasteiger partial charge in [-0.2, -0.15) is 0 Å². The summed E-state index contributed by atoms with van der Waals surface area (Å²) in [6.07, 6.45) is 2.52. The molecule has 3 rings (SSSR count). The first-order chi connectivity index (χ1) is 12.3. The summed E-state index contributed by atoms with van der Waals surface area (Å²) < 4.78 is 23.5. The topological polar surface area (TPSA) is 115 Å². The van der Waals surface area contributed by atoms with Crippen LogP contribution < -0.4 is 11.1 Å². The third-order valence-corrected chi connectivity index (χ3v) is 4.72. The highest BCUT2D eigenvalue weighted by atomic mass is 32.2. The number of nitrogens with two attached hydrogens (primary N) is 1. The van der Waals surface area contributed by atoms with Crippen LogP contribution in [0.5, 0.6) is 0 Å². The number of amides is 1. The van der Waals surface area contributed by atoms with Gasteiger partial charge in [-0.3, -0.25) is 4.79 Å². The maximum Gasteiger partial charge on any atom is 0.278 e. The fraction of sp³-hybridized carbons (Fsp3) is 0.0556. The van der Waals surface area contributed by atoms with E-state index in [-0.39, 0.29) is 19.3 Å². The summed E-state index contributed by atoms with van der Waals surface area (Å²) in [6, 6.07) is 15.2. The molecule has 3 N–H and O–H groups in total. The number of para-hydroxylation sites is 1. The van der Waals surface area contributed by atoms with Gasteiger partial charge in [0.15, 0.2) is 21.3 Å². The highest BCUT2D eigenvalue weighted by Gasteiger charge is 2.16. The molecule has 0 atom stereocenters. The van der Waals surface area contributed by atoms with Crippen LogP contribution in [0.3, 0.4) is 0 Å². The maximum absolute atomic E-state index is 12.5. The van der Waals surface area contributed by atoms with Crippen LogP contribution in [0.2, 0.25) is 0 Å². The van der Waals surface area contributed by atoms with Gasteiger partial charge in [0.25, 0.3) is 5.91 Å². The number of hydrogen-bond acceptors (Lipinski definition) is 6. The first-order valence-electron chi connectivity index (χ1n) is 7.64. The molecule has 8 heteroatoms. The van der Waals surface area contributed by atoms with Gasteiger partial charge in [0.2, 0.25) is 0 Å². The van der Waals surface area contributed by atoms with Crippen LogP contribution in [0, 0.1) is 0 Å². The van der Waals surface area contributed by atoms with E-state index in [2.05, 4.69) is 15.3 Å². The van der Waals surface area contributed by atoms with Gasteiger partial charge in [0.05, 0.1) is 16.8 Å². The Morgan fingerprint density at radius 2 is 1.85 bits per heavy atom. The van der Waals surface area contributed by atoms with Crippen LogP contribution in [-0.2, 0) is 9.84 Å². The minimum Gasteiger partial charge on any atom is -0.382 e. The first-order valence-corrected chi connectivity index (χ1v) is 9.53. The summed E-state index contributed by atoms with van der Waals surface area (Å²) in [5.74, 6) is -0.510. The van der Waals surface area contributed by atoms with E-state index in [4.69, 9.17) is 5.73 Å². The second-order valence-electron chi connectivity index (χ2n) is 5.61. The molecule has 1 aromatic heterocycles. The lowest BCUT2D eigenvalue weighted by Crippen LogP contribution is -2.17. The van der Waals surface area contributed by atoms with Gasteiger partial charge < -0.3 is 11.1 Å². The number of anilines is 2. The summed E-state index contributed by atoms with van der Waals surface area (Å²) in [7, 11) is -3.36. The smallest absolute Gasteiger partial charge is 0.278 e. The number of nitrogens with zero attached hydrogens (tertiary/aromatic N) is 2. The van der Waals surface area contributed by atoms with Crippen molar-refractivity contribution in [2.75, 3.05) is 17.3 Å². The molecule has 0 unspecified atom stereocenters. The van der Waals surface area contributed by atoms with E-state index in [0.29, 0.717) is 16.9 Å². The fourth-order valence-corrected chi connectivity index (χ4v) is 2.97. The molecule has 2 aromatic carbocycles. The molecule has 3 aromatic rings. The van der Waals surface area contributed by atoms with Crippen LogP contribution in [0.15, 0.2) is 65.7 Å². The summed E-state index contributed by atoms with van der Waals surface area (Å²) in [4.78, 5) is 20.9. The summed E-state index contributed by atoms with van der Waals surface area (Å²) in [5, 5.41) is 2.70. The molecule has 1 amide bonds. The second kappa shape index (κ2) is 6.93. The lowest BCUT2D eigenvalue weighted by atomic mass is 10.1. The zero-order chi connectivity index (χ0) is 18.7.